The van der Waals surface area contributed by atoms with Crippen molar-refractivity contribution in [2.45, 2.75) is 6.54 Å². The van der Waals surface area contributed by atoms with E-state index in [4.69, 9.17) is 0 Å². The highest BCUT2D eigenvalue weighted by molar-refractivity contribution is 5.81. The van der Waals surface area contributed by atoms with Crippen LogP contribution in [0, 0.1) is 11.6 Å². The van der Waals surface area contributed by atoms with Crippen molar-refractivity contribution in [2.75, 3.05) is 10.6 Å². The predicted octanol–water partition coefficient (Wildman–Crippen LogP) is 3.07. The van der Waals surface area contributed by atoms with Crippen molar-refractivity contribution in [1.82, 2.24) is 30.2 Å². The Morgan fingerprint density at radius 3 is 2.93 bits per heavy atom. The van der Waals surface area contributed by atoms with Crippen molar-refractivity contribution in [1.29, 1.82) is 0 Å². The summed E-state index contributed by atoms with van der Waals surface area (Å²) in [6, 6.07) is 10.8. The Balaban J connectivity index is 1.50. The molecule has 4 aromatic rings. The number of hydrogen-bond acceptors (Lipinski definition) is 7. The van der Waals surface area contributed by atoms with Gasteiger partial charge in [0, 0.05) is 18.3 Å². The molecule has 138 valence electrons. The van der Waals surface area contributed by atoms with Gasteiger partial charge in [0.05, 0.1) is 16.9 Å². The van der Waals surface area contributed by atoms with Crippen molar-refractivity contribution < 1.29 is 8.78 Å². The Labute approximate surface area is 157 Å². The van der Waals surface area contributed by atoms with E-state index in [0.717, 1.165) is 29.6 Å². The number of nitrogens with zero attached hydrogens (tertiary/aromatic N) is 6. The third kappa shape index (κ3) is 2.71. The zero-order valence-corrected chi connectivity index (χ0v) is 14.3. The maximum atomic E-state index is 13.8. The summed E-state index contributed by atoms with van der Waals surface area (Å²) in [5.74, 6) is 0.239. The maximum absolute atomic E-state index is 13.8. The fourth-order valence-electron chi connectivity index (χ4n) is 2.99. The van der Waals surface area contributed by atoms with E-state index in [2.05, 4.69) is 36.1 Å². The first-order valence-electron chi connectivity index (χ1n) is 8.39. The van der Waals surface area contributed by atoms with Gasteiger partial charge < -0.3 is 10.6 Å². The van der Waals surface area contributed by atoms with E-state index in [1.165, 1.54) is 0 Å². The topological polar surface area (TPSA) is 93.4 Å². The molecule has 0 aliphatic carbocycles. The van der Waals surface area contributed by atoms with Crippen LogP contribution in [0.15, 0.2) is 48.7 Å². The van der Waals surface area contributed by atoms with Crippen LogP contribution in [-0.4, -0.2) is 30.2 Å². The highest BCUT2D eigenvalue weighted by Gasteiger charge is 2.23. The highest BCUT2D eigenvalue weighted by atomic mass is 19.1. The van der Waals surface area contributed by atoms with Crippen LogP contribution in [-0.2, 0) is 6.54 Å². The molecule has 28 heavy (non-hydrogen) atoms. The monoisotopic (exact) mass is 378 g/mol. The average molecular weight is 378 g/mol. The Bertz CT molecular complexity index is 1190. The van der Waals surface area contributed by atoms with Crippen molar-refractivity contribution in [2.24, 2.45) is 0 Å². The van der Waals surface area contributed by atoms with E-state index >= 15 is 0 Å². The molecular weight excluding hydrogens is 366 g/mol. The number of aromatic nitrogens is 6. The van der Waals surface area contributed by atoms with Gasteiger partial charge in [0.15, 0.2) is 5.82 Å². The Morgan fingerprint density at radius 2 is 2.00 bits per heavy atom. The molecule has 0 atom stereocenters. The van der Waals surface area contributed by atoms with Crippen molar-refractivity contribution in [3.05, 3.63) is 65.9 Å². The second kappa shape index (κ2) is 6.34. The number of nitrogens with one attached hydrogen (secondary N) is 2. The molecule has 0 unspecified atom stereocenters. The third-order valence-electron chi connectivity index (χ3n) is 4.33. The molecule has 0 saturated heterocycles. The number of tetrazole rings is 1. The van der Waals surface area contributed by atoms with Crippen molar-refractivity contribution in [3.63, 3.8) is 0 Å². The number of benzene rings is 2. The maximum Gasteiger partial charge on any atom is 0.224 e. The molecule has 2 N–H and O–H groups in total. The minimum atomic E-state index is -0.508. The summed E-state index contributed by atoms with van der Waals surface area (Å²) in [7, 11) is 0. The average Bonchev–Trinajstić information content (AvgIpc) is 3.14. The first-order chi connectivity index (χ1) is 13.7. The summed E-state index contributed by atoms with van der Waals surface area (Å²) in [6.45, 7) is 0.0384. The first kappa shape index (κ1) is 16.2. The molecule has 2 aromatic heterocycles. The lowest BCUT2D eigenvalue weighted by atomic mass is 10.2. The lowest BCUT2D eigenvalue weighted by molar-refractivity contribution is 0.587. The first-order valence-corrected chi connectivity index (χ1v) is 8.39. The Kier molecular flexibility index (Phi) is 3.68. The van der Waals surface area contributed by atoms with Crippen LogP contribution in [0.1, 0.15) is 5.56 Å². The molecule has 1 aliphatic heterocycles. The Morgan fingerprint density at radius 1 is 1.11 bits per heavy atom. The van der Waals surface area contributed by atoms with E-state index in [-0.39, 0.29) is 18.1 Å². The van der Waals surface area contributed by atoms with Crippen LogP contribution in [0.4, 0.5) is 26.2 Å². The minimum Gasteiger partial charge on any atom is -0.350 e. The lowest BCUT2D eigenvalue weighted by Crippen LogP contribution is -2.07. The second-order valence-corrected chi connectivity index (χ2v) is 6.10. The predicted molar refractivity (Wildman–Crippen MR) is 97.1 cm³/mol. The van der Waals surface area contributed by atoms with Gasteiger partial charge in [-0.3, -0.25) is 0 Å². The lowest BCUT2D eigenvalue weighted by Gasteiger charge is -2.10. The number of hydrogen-bond donors (Lipinski definition) is 2. The molecule has 10 heteroatoms. The van der Waals surface area contributed by atoms with Crippen LogP contribution >= 0.6 is 0 Å². The normalized spacial score (nSPS) is 11.6. The van der Waals surface area contributed by atoms with Gasteiger partial charge in [-0.2, -0.15) is 9.67 Å². The number of halogens is 2. The fraction of sp³-hybridized carbons (Fsp3) is 0.0556. The van der Waals surface area contributed by atoms with Crippen LogP contribution in [0.2, 0.25) is 0 Å². The second-order valence-electron chi connectivity index (χ2n) is 6.10. The largest absolute Gasteiger partial charge is 0.350 e. The third-order valence-corrected chi connectivity index (χ3v) is 4.33. The van der Waals surface area contributed by atoms with Gasteiger partial charge in [0.2, 0.25) is 5.95 Å². The molecule has 0 spiro atoms. The van der Waals surface area contributed by atoms with Gasteiger partial charge in [0.1, 0.15) is 17.5 Å². The number of anilines is 3. The standard InChI is InChI=1S/C18H12F2N8/c19-11-5-6-13(20)10(7-11)8-21-18-22-9-12-16(24-18)23-14-3-1-2-4-15(14)28-17(12)25-26-27-28/h1-7,9H,8H2,(H2,21,22,23,24). The summed E-state index contributed by atoms with van der Waals surface area (Å²) >= 11 is 0. The van der Waals surface area contributed by atoms with Crippen LogP contribution in [0.25, 0.3) is 17.1 Å². The minimum absolute atomic E-state index is 0.0384. The molecule has 8 nitrogen and oxygen atoms in total. The molecule has 0 amide bonds. The van der Waals surface area contributed by atoms with Crippen molar-refractivity contribution in [3.8, 4) is 17.1 Å². The van der Waals surface area contributed by atoms with E-state index in [1.54, 1.807) is 10.9 Å². The van der Waals surface area contributed by atoms with Gasteiger partial charge in [-0.1, -0.05) is 12.1 Å². The number of para-hydroxylation sites is 2. The van der Waals surface area contributed by atoms with E-state index in [9.17, 15) is 8.78 Å². The summed E-state index contributed by atoms with van der Waals surface area (Å²) in [4.78, 5) is 8.71. The van der Waals surface area contributed by atoms with Crippen molar-refractivity contribution >= 4 is 17.5 Å². The molecule has 1 aliphatic rings. The molecular formula is C18H12F2N8. The smallest absolute Gasteiger partial charge is 0.224 e. The fourth-order valence-corrected chi connectivity index (χ4v) is 2.99. The van der Waals surface area contributed by atoms with Crippen LogP contribution in [0.3, 0.4) is 0 Å². The van der Waals surface area contributed by atoms with Gasteiger partial charge >= 0.3 is 0 Å². The Hall–Kier alpha value is -3.95. The van der Waals surface area contributed by atoms with E-state index in [1.807, 2.05) is 24.3 Å². The zero-order valence-electron chi connectivity index (χ0n) is 14.3. The van der Waals surface area contributed by atoms with Crippen LogP contribution in [0.5, 0.6) is 0 Å². The molecule has 0 fully saturated rings. The van der Waals surface area contributed by atoms with Crippen LogP contribution < -0.4 is 10.6 Å². The van der Waals surface area contributed by atoms with E-state index < -0.39 is 11.6 Å². The molecule has 0 saturated carbocycles. The summed E-state index contributed by atoms with van der Waals surface area (Å²) in [5.41, 5.74) is 2.34. The van der Waals surface area contributed by atoms with Gasteiger partial charge in [0.25, 0.3) is 0 Å². The zero-order chi connectivity index (χ0) is 19.1. The molecule has 5 rings (SSSR count). The van der Waals surface area contributed by atoms with Gasteiger partial charge in [-0.25, -0.2) is 13.8 Å². The summed E-state index contributed by atoms with van der Waals surface area (Å²) < 4.78 is 28.8. The van der Waals surface area contributed by atoms with Gasteiger partial charge in [-0.15, -0.1) is 5.10 Å². The van der Waals surface area contributed by atoms with Gasteiger partial charge in [-0.05, 0) is 40.8 Å². The highest BCUT2D eigenvalue weighted by Crippen LogP contribution is 2.35. The number of rotatable bonds is 3. The number of fused-ring (bicyclic) bond motifs is 5. The SMILES string of the molecule is Fc1ccc(F)c(CNc2ncc3c(n2)Nc2ccccc2-n2nnnc2-3)c1. The molecule has 2 aromatic carbocycles. The molecule has 3 heterocycles. The quantitative estimate of drug-likeness (QED) is 0.498. The molecule has 0 radical (unpaired) electrons. The summed E-state index contributed by atoms with van der Waals surface area (Å²) in [6.07, 6.45) is 1.58. The summed E-state index contributed by atoms with van der Waals surface area (Å²) in [5, 5.41) is 18.0. The molecule has 0 bridgehead atoms. The van der Waals surface area contributed by atoms with E-state index in [0.29, 0.717) is 17.2 Å².